The molecule has 1 spiro atoms. The summed E-state index contributed by atoms with van der Waals surface area (Å²) in [7, 11) is 3.63. The Balaban J connectivity index is 1.31. The predicted octanol–water partition coefficient (Wildman–Crippen LogP) is 4.29. The van der Waals surface area contributed by atoms with E-state index < -0.39 is 11.4 Å². The Hall–Kier alpha value is -1.76. The van der Waals surface area contributed by atoms with E-state index in [-0.39, 0.29) is 27.9 Å². The molecule has 1 aromatic carbocycles. The number of anilines is 1. The first kappa shape index (κ1) is 28.8. The van der Waals surface area contributed by atoms with Crippen LogP contribution in [-0.4, -0.2) is 60.5 Å². The van der Waals surface area contributed by atoms with Gasteiger partial charge in [-0.25, -0.2) is 4.98 Å². The molecule has 1 N–H and O–H groups in total. The Morgan fingerprint density at radius 3 is 2.69 bits per heavy atom. The third-order valence-electron chi connectivity index (χ3n) is 8.43. The lowest BCUT2D eigenvalue weighted by atomic mass is 9.73. The topological polar surface area (TPSA) is 100 Å². The van der Waals surface area contributed by atoms with Crippen molar-refractivity contribution in [1.29, 1.82) is 0 Å². The lowest BCUT2D eigenvalue weighted by Crippen LogP contribution is -2.57. The van der Waals surface area contributed by atoms with Crippen LogP contribution >= 0.6 is 23.4 Å². The zero-order chi connectivity index (χ0) is 28.1. The highest BCUT2D eigenvalue weighted by Crippen LogP contribution is 2.44. The number of hydrogen-bond acceptors (Lipinski definition) is 8. The van der Waals surface area contributed by atoms with E-state index in [2.05, 4.69) is 28.6 Å². The van der Waals surface area contributed by atoms with Crippen LogP contribution in [-0.2, 0) is 30.2 Å². The van der Waals surface area contributed by atoms with Gasteiger partial charge in [0, 0.05) is 60.4 Å². The van der Waals surface area contributed by atoms with E-state index in [0.717, 1.165) is 48.2 Å². The van der Waals surface area contributed by atoms with Crippen LogP contribution in [0.2, 0.25) is 5.02 Å². The fourth-order valence-corrected chi connectivity index (χ4v) is 7.93. The lowest BCUT2D eigenvalue weighted by Gasteiger charge is -2.43. The number of rotatable bonds is 7. The number of aromatic nitrogens is 4. The molecule has 0 radical (unpaired) electrons. The molecule has 212 valence electrons. The van der Waals surface area contributed by atoms with Gasteiger partial charge in [-0.15, -0.1) is 4.72 Å². The van der Waals surface area contributed by atoms with Gasteiger partial charge in [0.25, 0.3) is 5.56 Å². The van der Waals surface area contributed by atoms with Gasteiger partial charge in [0.2, 0.25) is 5.95 Å². The molecule has 5 rings (SSSR count). The summed E-state index contributed by atoms with van der Waals surface area (Å²) >= 11 is 6.81. The number of nitrogens with zero attached hydrogens (tertiary/aromatic N) is 5. The van der Waals surface area contributed by atoms with Gasteiger partial charge < -0.3 is 14.2 Å². The van der Waals surface area contributed by atoms with Crippen molar-refractivity contribution in [2.24, 2.45) is 19.5 Å². The highest BCUT2D eigenvalue weighted by molar-refractivity contribution is 7.99. The van der Waals surface area contributed by atoms with E-state index in [1.807, 2.05) is 39.2 Å². The number of fused-ring (bicyclic) bond motifs is 1. The van der Waals surface area contributed by atoms with Crippen LogP contribution in [0.25, 0.3) is 10.9 Å². The van der Waals surface area contributed by atoms with Crippen molar-refractivity contribution in [2.45, 2.75) is 73.6 Å². The first-order valence-corrected chi connectivity index (χ1v) is 15.7. The summed E-state index contributed by atoms with van der Waals surface area (Å²) in [6.07, 6.45) is 6.08. The Morgan fingerprint density at radius 2 is 2.00 bits per heavy atom. The Morgan fingerprint density at radius 1 is 1.28 bits per heavy atom. The van der Waals surface area contributed by atoms with Gasteiger partial charge in [-0.3, -0.25) is 14.0 Å². The number of hydrogen-bond donors (Lipinski definition) is 1. The number of nitrogens with one attached hydrogen (secondary N) is 1. The molecule has 0 aliphatic carbocycles. The van der Waals surface area contributed by atoms with Gasteiger partial charge in [0.1, 0.15) is 4.75 Å². The normalized spacial score (nSPS) is 22.2. The van der Waals surface area contributed by atoms with Gasteiger partial charge in [-0.05, 0) is 52.2 Å². The van der Waals surface area contributed by atoms with Crippen molar-refractivity contribution in [3.05, 3.63) is 39.9 Å². The summed E-state index contributed by atoms with van der Waals surface area (Å²) in [5.41, 5.74) is 0.615. The van der Waals surface area contributed by atoms with E-state index in [9.17, 15) is 9.35 Å². The highest BCUT2D eigenvalue weighted by atomic mass is 35.5. The molecule has 3 atom stereocenters. The van der Waals surface area contributed by atoms with Crippen molar-refractivity contribution < 1.29 is 9.29 Å². The third kappa shape index (κ3) is 5.34. The van der Waals surface area contributed by atoms with Crippen molar-refractivity contribution in [3.63, 3.8) is 0 Å². The smallest absolute Gasteiger partial charge is 0.268 e. The maximum absolute atomic E-state index is 13.4. The first-order chi connectivity index (χ1) is 18.5. The maximum atomic E-state index is 13.4. The molecular formula is C27H37ClN6O3S2. The fraction of sp³-hybridized carbons (Fsp3) is 0.593. The number of piperidine rings is 1. The highest BCUT2D eigenvalue weighted by Gasteiger charge is 2.52. The molecule has 0 bridgehead atoms. The quantitative estimate of drug-likeness (QED) is 0.406. The van der Waals surface area contributed by atoms with E-state index >= 15 is 0 Å². The van der Waals surface area contributed by atoms with Crippen molar-refractivity contribution in [3.8, 4) is 0 Å². The number of ether oxygens (including phenoxy) is 1. The summed E-state index contributed by atoms with van der Waals surface area (Å²) in [5, 5.41) is 5.83. The van der Waals surface area contributed by atoms with Gasteiger partial charge in [-0.2, -0.15) is 5.10 Å². The monoisotopic (exact) mass is 592 g/mol. The van der Waals surface area contributed by atoms with E-state index in [0.29, 0.717) is 22.5 Å². The molecule has 2 aliphatic heterocycles. The SMILES string of the molecule is CCC(C)(C)[S@@+]([O-])N[C@@H]1[C@H](C)OCC12CCN(c1ncc(Sc3ccc4nn(C)cc4c3Cl)c(=O)n1C)CC2. The van der Waals surface area contributed by atoms with Gasteiger partial charge in [0.15, 0.2) is 0 Å². The zero-order valence-electron chi connectivity index (χ0n) is 23.4. The average molecular weight is 593 g/mol. The largest absolute Gasteiger partial charge is 0.598 e. The molecule has 2 saturated heterocycles. The van der Waals surface area contributed by atoms with Crippen LogP contribution in [0.3, 0.4) is 0 Å². The molecule has 0 amide bonds. The van der Waals surface area contributed by atoms with Crippen LogP contribution in [0, 0.1) is 5.41 Å². The standard InChI is InChI=1S/C27H37ClN6O3S2/c1-7-26(3,4)39(36)31-23-17(2)37-16-27(23)10-12-34(13-11-27)25-29-14-21(24(35)33(25)6)38-20-9-8-19-18(22(20)28)15-32(5)30-19/h8-9,14-15,17,23,31H,7,10-13,16H2,1-6H3/t17-,23+,39+/m0/s1. The summed E-state index contributed by atoms with van der Waals surface area (Å²) in [6.45, 7) is 10.3. The molecule has 0 unspecified atom stereocenters. The summed E-state index contributed by atoms with van der Waals surface area (Å²) < 4.78 is 25.7. The molecule has 2 aliphatic rings. The lowest BCUT2D eigenvalue weighted by molar-refractivity contribution is 0.0972. The molecule has 3 aromatic rings. The van der Waals surface area contributed by atoms with Gasteiger partial charge in [0.05, 0.1) is 40.4 Å². The van der Waals surface area contributed by atoms with Crippen LogP contribution in [0.4, 0.5) is 5.95 Å². The molecular weight excluding hydrogens is 556 g/mol. The molecule has 4 heterocycles. The second kappa shape index (κ2) is 10.9. The molecule has 2 aromatic heterocycles. The van der Waals surface area contributed by atoms with Crippen molar-refractivity contribution in [2.75, 3.05) is 24.6 Å². The van der Waals surface area contributed by atoms with Crippen molar-refractivity contribution >= 4 is 51.6 Å². The fourth-order valence-electron chi connectivity index (χ4n) is 5.45. The minimum atomic E-state index is -1.17. The van der Waals surface area contributed by atoms with Gasteiger partial charge >= 0.3 is 0 Å². The molecule has 9 nitrogen and oxygen atoms in total. The van der Waals surface area contributed by atoms with Crippen molar-refractivity contribution in [1.82, 2.24) is 24.1 Å². The minimum absolute atomic E-state index is 0.00958. The third-order valence-corrected chi connectivity index (χ3v) is 11.8. The summed E-state index contributed by atoms with van der Waals surface area (Å²) in [4.78, 5) is 21.5. The Kier molecular flexibility index (Phi) is 8.04. The van der Waals surface area contributed by atoms with Gasteiger partial charge in [-0.1, -0.05) is 30.3 Å². The Bertz CT molecular complexity index is 1420. The maximum Gasteiger partial charge on any atom is 0.268 e. The van der Waals surface area contributed by atoms with E-state index in [1.54, 1.807) is 22.5 Å². The number of benzene rings is 1. The number of aryl methyl sites for hydroxylation is 1. The van der Waals surface area contributed by atoms with Crippen LogP contribution in [0.15, 0.2) is 39.1 Å². The van der Waals surface area contributed by atoms with Crippen LogP contribution in [0.5, 0.6) is 0 Å². The molecule has 12 heteroatoms. The summed E-state index contributed by atoms with van der Waals surface area (Å²) in [5.74, 6) is 0.653. The first-order valence-electron chi connectivity index (χ1n) is 13.4. The Labute approximate surface area is 241 Å². The van der Waals surface area contributed by atoms with E-state index in [1.165, 1.54) is 11.8 Å². The second-order valence-electron chi connectivity index (χ2n) is 11.3. The zero-order valence-corrected chi connectivity index (χ0v) is 25.8. The second-order valence-corrected chi connectivity index (χ2v) is 14.7. The molecule has 0 saturated carbocycles. The molecule has 2 fully saturated rings. The minimum Gasteiger partial charge on any atom is -0.598 e. The number of halogens is 1. The summed E-state index contributed by atoms with van der Waals surface area (Å²) in [6, 6.07) is 3.82. The average Bonchev–Trinajstić information content (AvgIpc) is 3.44. The molecule has 39 heavy (non-hydrogen) atoms. The van der Waals surface area contributed by atoms with Crippen LogP contribution in [0.1, 0.15) is 47.0 Å². The van der Waals surface area contributed by atoms with Crippen LogP contribution < -0.4 is 15.2 Å². The van der Waals surface area contributed by atoms with E-state index in [4.69, 9.17) is 21.3 Å². The predicted molar refractivity (Wildman–Crippen MR) is 158 cm³/mol.